The minimum absolute atomic E-state index is 0.868. The molecule has 0 amide bonds. The molecule has 0 radical (unpaired) electrons. The lowest BCUT2D eigenvalue weighted by Crippen LogP contribution is -2.72. The van der Waals surface area contributed by atoms with Crippen LogP contribution in [0.5, 0.6) is 0 Å². The van der Waals surface area contributed by atoms with Gasteiger partial charge >= 0.3 is 0 Å². The highest BCUT2D eigenvalue weighted by Gasteiger charge is 2.48. The molecule has 0 saturated heterocycles. The van der Waals surface area contributed by atoms with Gasteiger partial charge in [0.2, 0.25) is 0 Å². The van der Waals surface area contributed by atoms with Gasteiger partial charge in [-0.15, -0.1) is 0 Å². The summed E-state index contributed by atoms with van der Waals surface area (Å²) in [5.74, 6) is 0. The van der Waals surface area contributed by atoms with Gasteiger partial charge in [0.05, 0.1) is 44.8 Å². The fraction of sp³-hybridized carbons (Fsp3) is 0. The maximum atomic E-state index is 5.58. The van der Waals surface area contributed by atoms with Crippen molar-refractivity contribution < 1.29 is 0 Å². The monoisotopic (exact) mass is 918 g/mol. The molecule has 13 aromatic rings. The maximum absolute atomic E-state index is 5.58. The molecule has 0 N–H and O–H groups in total. The van der Waals surface area contributed by atoms with Gasteiger partial charge in [-0.2, -0.15) is 0 Å². The predicted octanol–water partition coefficient (Wildman–Crippen LogP) is 13.6. The molecule has 0 atom stereocenters. The van der Waals surface area contributed by atoms with Crippen LogP contribution in [-0.4, -0.2) is 28.0 Å². The maximum Gasteiger partial charge on any atom is 0.180 e. The largest absolute Gasteiger partial charge is 0.245 e. The van der Waals surface area contributed by atoms with E-state index in [1.807, 2.05) is 12.1 Å². The number of nitrogens with zero attached hydrogens (tertiary/aromatic N) is 4. The molecule has 9 aromatic carbocycles. The van der Waals surface area contributed by atoms with Crippen LogP contribution in [0, 0.1) is 0 Å². The minimum Gasteiger partial charge on any atom is -0.245 e. The van der Waals surface area contributed by atoms with E-state index in [-0.39, 0.29) is 0 Å². The zero-order valence-electron chi connectivity index (χ0n) is 38.5. The van der Waals surface area contributed by atoms with Gasteiger partial charge in [-0.05, 0) is 79.4 Å². The molecule has 1 aliphatic heterocycles. The van der Waals surface area contributed by atoms with Crippen molar-refractivity contribution in [3.63, 3.8) is 0 Å². The molecule has 1 aliphatic rings. The second-order valence-electron chi connectivity index (χ2n) is 18.5. The Morgan fingerprint density at radius 3 is 1.27 bits per heavy atom. The van der Waals surface area contributed by atoms with Gasteiger partial charge in [0.25, 0.3) is 0 Å². The number of hydrogen-bond donors (Lipinski definition) is 0. The molecule has 0 unspecified atom stereocenters. The van der Waals surface area contributed by atoms with Crippen molar-refractivity contribution in [1.29, 1.82) is 0 Å². The molecule has 5 heteroatoms. The first-order valence-electron chi connectivity index (χ1n) is 24.2. The summed E-state index contributed by atoms with van der Waals surface area (Å²) in [4.78, 5) is 21.5. The Bertz CT molecular complexity index is 4180. The summed E-state index contributed by atoms with van der Waals surface area (Å²) in [7, 11) is -2.66. The summed E-state index contributed by atoms with van der Waals surface area (Å²) in [5, 5.41) is 9.81. The van der Waals surface area contributed by atoms with E-state index in [4.69, 9.17) is 19.9 Å². The second kappa shape index (κ2) is 16.5. The SMILES string of the molecule is c1ccc(-c2ccc3ccc4ccc(-c5cccc(-c6cc(-c7ccc8c(c7)-c7ccccc7[Si]8(c7ccccc7)c7ccccc7)c7ccc8ccc(-c9ccccc9)nc8c7n6)c5)nc4c3n2)cc1. The van der Waals surface area contributed by atoms with Gasteiger partial charge in [-0.25, -0.2) is 19.9 Å². The second-order valence-corrected chi connectivity index (χ2v) is 22.2. The van der Waals surface area contributed by atoms with Crippen LogP contribution in [-0.2, 0) is 0 Å². The smallest absolute Gasteiger partial charge is 0.180 e. The van der Waals surface area contributed by atoms with Gasteiger partial charge in [0.15, 0.2) is 8.07 Å². The van der Waals surface area contributed by atoms with Crippen molar-refractivity contribution in [1.82, 2.24) is 19.9 Å². The molecule has 330 valence electrons. The van der Waals surface area contributed by atoms with Crippen molar-refractivity contribution in [3.05, 3.63) is 255 Å². The van der Waals surface area contributed by atoms with E-state index in [2.05, 4.69) is 243 Å². The quantitative estimate of drug-likeness (QED) is 0.118. The van der Waals surface area contributed by atoms with E-state index < -0.39 is 8.07 Å². The average molecular weight is 919 g/mol. The lowest BCUT2D eigenvalue weighted by atomic mass is 9.94. The number of fused-ring (bicyclic) bond motifs is 9. The van der Waals surface area contributed by atoms with Gasteiger partial charge in [-0.3, -0.25) is 0 Å². The van der Waals surface area contributed by atoms with Crippen LogP contribution < -0.4 is 20.7 Å². The van der Waals surface area contributed by atoms with E-state index in [9.17, 15) is 0 Å². The van der Waals surface area contributed by atoms with Crippen molar-refractivity contribution in [2.45, 2.75) is 0 Å². The molecular formula is C66H42N4Si. The van der Waals surface area contributed by atoms with Crippen LogP contribution in [0.4, 0.5) is 0 Å². The Morgan fingerprint density at radius 1 is 0.239 bits per heavy atom. The van der Waals surface area contributed by atoms with Crippen LogP contribution in [0.2, 0.25) is 0 Å². The fourth-order valence-corrected chi connectivity index (χ4v) is 16.3. The lowest BCUT2D eigenvalue weighted by molar-refractivity contribution is 1.35. The summed E-state index contributed by atoms with van der Waals surface area (Å²) in [6, 6.07) is 91.9. The van der Waals surface area contributed by atoms with Crippen molar-refractivity contribution in [2.75, 3.05) is 0 Å². The molecule has 0 saturated carbocycles. The third-order valence-electron chi connectivity index (χ3n) is 14.5. The zero-order valence-corrected chi connectivity index (χ0v) is 39.5. The van der Waals surface area contributed by atoms with Gasteiger partial charge < -0.3 is 0 Å². The normalized spacial score (nSPS) is 12.6. The number of hydrogen-bond acceptors (Lipinski definition) is 4. The summed E-state index contributed by atoms with van der Waals surface area (Å²) >= 11 is 0. The van der Waals surface area contributed by atoms with Crippen LogP contribution >= 0.6 is 0 Å². The summed E-state index contributed by atoms with van der Waals surface area (Å²) in [5.41, 5.74) is 16.1. The molecule has 4 nitrogen and oxygen atoms in total. The number of benzene rings is 9. The minimum atomic E-state index is -2.66. The van der Waals surface area contributed by atoms with Gasteiger partial charge in [0, 0.05) is 43.8 Å². The van der Waals surface area contributed by atoms with Crippen LogP contribution in [0.1, 0.15) is 0 Å². The van der Waals surface area contributed by atoms with Crippen molar-refractivity contribution in [2.24, 2.45) is 0 Å². The van der Waals surface area contributed by atoms with E-state index in [1.54, 1.807) is 0 Å². The highest BCUT2D eigenvalue weighted by molar-refractivity contribution is 7.22. The van der Waals surface area contributed by atoms with Crippen LogP contribution in [0.25, 0.3) is 111 Å². The first kappa shape index (κ1) is 40.9. The summed E-state index contributed by atoms with van der Waals surface area (Å²) in [6.45, 7) is 0. The summed E-state index contributed by atoms with van der Waals surface area (Å²) in [6.07, 6.45) is 0. The molecule has 5 heterocycles. The molecule has 0 aliphatic carbocycles. The van der Waals surface area contributed by atoms with E-state index >= 15 is 0 Å². The predicted molar refractivity (Wildman–Crippen MR) is 297 cm³/mol. The topological polar surface area (TPSA) is 51.6 Å². The highest BCUT2D eigenvalue weighted by atomic mass is 28.3. The average Bonchev–Trinajstić information content (AvgIpc) is 3.76. The zero-order chi connectivity index (χ0) is 46.9. The highest BCUT2D eigenvalue weighted by Crippen LogP contribution is 2.40. The van der Waals surface area contributed by atoms with E-state index in [0.717, 1.165) is 99.8 Å². The van der Waals surface area contributed by atoms with Crippen molar-refractivity contribution in [3.8, 4) is 67.3 Å². The first-order chi connectivity index (χ1) is 35.2. The molecule has 0 spiro atoms. The molecule has 71 heavy (non-hydrogen) atoms. The van der Waals surface area contributed by atoms with Crippen LogP contribution in [0.3, 0.4) is 0 Å². The van der Waals surface area contributed by atoms with E-state index in [1.165, 1.54) is 31.9 Å². The van der Waals surface area contributed by atoms with Crippen LogP contribution in [0.15, 0.2) is 255 Å². The molecule has 4 aromatic heterocycles. The Morgan fingerprint density at radius 2 is 0.676 bits per heavy atom. The molecule has 0 bridgehead atoms. The number of rotatable bonds is 7. The number of aromatic nitrogens is 4. The van der Waals surface area contributed by atoms with Gasteiger partial charge in [0.1, 0.15) is 0 Å². The Hall–Kier alpha value is -9.16. The molecular weight excluding hydrogens is 877 g/mol. The Kier molecular flexibility index (Phi) is 9.51. The first-order valence-corrected chi connectivity index (χ1v) is 26.2. The fourth-order valence-electron chi connectivity index (χ4n) is 11.2. The van der Waals surface area contributed by atoms with Crippen molar-refractivity contribution >= 4 is 72.4 Å². The van der Waals surface area contributed by atoms with Gasteiger partial charge in [-0.1, -0.05) is 218 Å². The molecule has 0 fully saturated rings. The standard InChI is InChI=1S/C66H42N4Si/c1-5-16-43(17-6-1)57-36-31-45-28-29-46-33-38-59(69-64(46)63(45)67-57)49-20-15-21-50(40-49)60-42-55(54-35-30-47-32-37-58(44-18-7-2-8-19-44)68-65(47)66(54)70-60)48-34-39-62-56(41-48)53-26-13-14-27-61(53)71(62,51-22-9-3-10-23-51)52-24-11-4-12-25-52/h1-42H. The third-order valence-corrected chi connectivity index (χ3v) is 19.4. The number of pyridine rings is 4. The lowest BCUT2D eigenvalue weighted by Gasteiger charge is -2.31. The Labute approximate surface area is 412 Å². The van der Waals surface area contributed by atoms with E-state index in [0.29, 0.717) is 0 Å². The third kappa shape index (κ3) is 6.66. The summed E-state index contributed by atoms with van der Waals surface area (Å²) < 4.78 is 0. The molecule has 14 rings (SSSR count). The Balaban J connectivity index is 0.971.